The van der Waals surface area contributed by atoms with E-state index in [1.807, 2.05) is 24.3 Å². The summed E-state index contributed by atoms with van der Waals surface area (Å²) in [6, 6.07) is 9.15. The van der Waals surface area contributed by atoms with Crippen LogP contribution in [0, 0.1) is 0 Å². The molecule has 1 atom stereocenters. The third-order valence-electron chi connectivity index (χ3n) is 5.12. The summed E-state index contributed by atoms with van der Waals surface area (Å²) in [6.07, 6.45) is 4.90. The normalized spacial score (nSPS) is 18.3. The molecule has 0 saturated carbocycles. The van der Waals surface area contributed by atoms with Gasteiger partial charge in [0.2, 0.25) is 5.91 Å². The Morgan fingerprint density at radius 2 is 2.04 bits per heavy atom. The van der Waals surface area contributed by atoms with Gasteiger partial charge in [0.25, 0.3) is 5.91 Å². The van der Waals surface area contributed by atoms with Crippen LogP contribution in [0.4, 0.5) is 5.82 Å². The molecule has 2 N–H and O–H groups in total. The summed E-state index contributed by atoms with van der Waals surface area (Å²) in [7, 11) is 0. The lowest BCUT2D eigenvalue weighted by atomic mass is 10.0. The zero-order valence-corrected chi connectivity index (χ0v) is 15.1. The number of benzene rings is 1. The van der Waals surface area contributed by atoms with Gasteiger partial charge in [0.15, 0.2) is 0 Å². The lowest BCUT2D eigenvalue weighted by molar-refractivity contribution is -0.121. The standard InChI is InChI=1S/C20H23N5O2/c26-19(12-17-15-5-1-2-6-16(15)20(27)24-17)21-8-7-14-11-18(23-13-22-14)25-9-3-4-10-25/h1-2,5-6,11,13,17H,3-4,7-10,12H2,(H,21,26)(H,24,27). The van der Waals surface area contributed by atoms with Crippen molar-refractivity contribution in [1.82, 2.24) is 20.6 Å². The van der Waals surface area contributed by atoms with Gasteiger partial charge < -0.3 is 15.5 Å². The van der Waals surface area contributed by atoms with Gasteiger partial charge in [-0.25, -0.2) is 9.97 Å². The van der Waals surface area contributed by atoms with Gasteiger partial charge in [-0.2, -0.15) is 0 Å². The van der Waals surface area contributed by atoms with E-state index in [4.69, 9.17) is 0 Å². The average molecular weight is 365 g/mol. The number of anilines is 1. The van der Waals surface area contributed by atoms with E-state index in [-0.39, 0.29) is 24.3 Å². The van der Waals surface area contributed by atoms with Crippen LogP contribution in [0.2, 0.25) is 0 Å². The van der Waals surface area contributed by atoms with Crippen molar-refractivity contribution < 1.29 is 9.59 Å². The van der Waals surface area contributed by atoms with Crippen LogP contribution in [0.5, 0.6) is 0 Å². The minimum absolute atomic E-state index is 0.0779. The van der Waals surface area contributed by atoms with Crippen LogP contribution >= 0.6 is 0 Å². The van der Waals surface area contributed by atoms with Gasteiger partial charge in [-0.15, -0.1) is 0 Å². The van der Waals surface area contributed by atoms with E-state index in [0.717, 1.165) is 30.2 Å². The Morgan fingerprint density at radius 1 is 1.22 bits per heavy atom. The number of amides is 2. The fraction of sp³-hybridized carbons (Fsp3) is 0.400. The average Bonchev–Trinajstić information content (AvgIpc) is 3.32. The van der Waals surface area contributed by atoms with E-state index < -0.39 is 0 Å². The highest BCUT2D eigenvalue weighted by molar-refractivity contribution is 5.99. The van der Waals surface area contributed by atoms with Crippen molar-refractivity contribution in [3.63, 3.8) is 0 Å². The molecule has 0 aliphatic carbocycles. The largest absolute Gasteiger partial charge is 0.357 e. The molecule has 3 heterocycles. The summed E-state index contributed by atoms with van der Waals surface area (Å²) in [5.41, 5.74) is 2.47. The summed E-state index contributed by atoms with van der Waals surface area (Å²) in [4.78, 5) is 35.1. The van der Waals surface area contributed by atoms with Crippen LogP contribution in [0.3, 0.4) is 0 Å². The smallest absolute Gasteiger partial charge is 0.252 e. The summed E-state index contributed by atoms with van der Waals surface area (Å²) >= 11 is 0. The van der Waals surface area contributed by atoms with Crippen molar-refractivity contribution in [3.8, 4) is 0 Å². The first-order chi connectivity index (χ1) is 13.2. The van der Waals surface area contributed by atoms with E-state index in [0.29, 0.717) is 18.5 Å². The lowest BCUT2D eigenvalue weighted by Gasteiger charge is -2.16. The molecule has 0 radical (unpaired) electrons. The lowest BCUT2D eigenvalue weighted by Crippen LogP contribution is -2.30. The van der Waals surface area contributed by atoms with Crippen LogP contribution in [0.1, 0.15) is 46.9 Å². The molecule has 1 fully saturated rings. The Balaban J connectivity index is 1.28. The molecular formula is C20H23N5O2. The van der Waals surface area contributed by atoms with Gasteiger partial charge in [-0.3, -0.25) is 9.59 Å². The molecule has 1 unspecified atom stereocenters. The molecule has 7 heteroatoms. The van der Waals surface area contributed by atoms with Crippen LogP contribution in [0.15, 0.2) is 36.7 Å². The maximum absolute atomic E-state index is 12.3. The number of carbonyl (C=O) groups excluding carboxylic acids is 2. The van der Waals surface area contributed by atoms with Gasteiger partial charge in [-0.05, 0) is 24.5 Å². The highest BCUT2D eigenvalue weighted by atomic mass is 16.2. The van der Waals surface area contributed by atoms with E-state index in [2.05, 4.69) is 25.5 Å². The van der Waals surface area contributed by atoms with Crippen LogP contribution in [-0.4, -0.2) is 41.4 Å². The van der Waals surface area contributed by atoms with Crippen molar-refractivity contribution in [2.45, 2.75) is 31.7 Å². The minimum atomic E-state index is -0.255. The Hall–Kier alpha value is -2.96. The molecule has 4 rings (SSSR count). The van der Waals surface area contributed by atoms with Crippen molar-refractivity contribution in [2.75, 3.05) is 24.5 Å². The number of carbonyl (C=O) groups is 2. The van der Waals surface area contributed by atoms with Gasteiger partial charge in [0, 0.05) is 43.4 Å². The number of hydrogen-bond donors (Lipinski definition) is 2. The zero-order valence-electron chi connectivity index (χ0n) is 15.1. The van der Waals surface area contributed by atoms with Crippen molar-refractivity contribution in [3.05, 3.63) is 53.5 Å². The summed E-state index contributed by atoms with van der Waals surface area (Å²) in [5.74, 6) is 0.777. The van der Waals surface area contributed by atoms with Gasteiger partial charge in [0.1, 0.15) is 12.1 Å². The number of hydrogen-bond acceptors (Lipinski definition) is 5. The predicted octanol–water partition coefficient (Wildman–Crippen LogP) is 1.61. The third kappa shape index (κ3) is 3.92. The number of rotatable bonds is 6. The maximum atomic E-state index is 12.3. The molecule has 2 aliphatic heterocycles. The van der Waals surface area contributed by atoms with E-state index in [9.17, 15) is 9.59 Å². The Kier molecular flexibility index (Phi) is 5.00. The Bertz CT molecular complexity index is 848. The van der Waals surface area contributed by atoms with Crippen molar-refractivity contribution in [1.29, 1.82) is 0 Å². The van der Waals surface area contributed by atoms with Gasteiger partial charge >= 0.3 is 0 Å². The number of fused-ring (bicyclic) bond motifs is 1. The fourth-order valence-electron chi connectivity index (χ4n) is 3.71. The van der Waals surface area contributed by atoms with Crippen molar-refractivity contribution >= 4 is 17.6 Å². The van der Waals surface area contributed by atoms with Crippen molar-refractivity contribution in [2.24, 2.45) is 0 Å². The first-order valence-corrected chi connectivity index (χ1v) is 9.43. The topological polar surface area (TPSA) is 87.2 Å². The molecule has 1 aromatic heterocycles. The second kappa shape index (κ2) is 7.73. The van der Waals surface area contributed by atoms with E-state index in [1.54, 1.807) is 12.4 Å². The van der Waals surface area contributed by atoms with E-state index in [1.165, 1.54) is 12.8 Å². The minimum Gasteiger partial charge on any atom is -0.357 e. The monoisotopic (exact) mass is 365 g/mol. The highest BCUT2D eigenvalue weighted by Crippen LogP contribution is 2.27. The number of nitrogens with one attached hydrogen (secondary N) is 2. The number of aromatic nitrogens is 2. The quantitative estimate of drug-likeness (QED) is 0.812. The first kappa shape index (κ1) is 17.5. The SMILES string of the molecule is O=C(CC1NC(=O)c2ccccc21)NCCc1cc(N2CCCC2)ncn1. The molecule has 2 amide bonds. The fourth-order valence-corrected chi connectivity index (χ4v) is 3.71. The molecule has 1 aromatic carbocycles. The molecule has 7 nitrogen and oxygen atoms in total. The van der Waals surface area contributed by atoms with Crippen LogP contribution < -0.4 is 15.5 Å². The predicted molar refractivity (Wildman–Crippen MR) is 101 cm³/mol. The van der Waals surface area contributed by atoms with Crippen LogP contribution in [0.25, 0.3) is 0 Å². The first-order valence-electron chi connectivity index (χ1n) is 9.43. The molecule has 2 aliphatic rings. The summed E-state index contributed by atoms with van der Waals surface area (Å²) < 4.78 is 0. The molecule has 2 aromatic rings. The molecule has 0 bridgehead atoms. The molecule has 1 saturated heterocycles. The maximum Gasteiger partial charge on any atom is 0.252 e. The second-order valence-electron chi connectivity index (χ2n) is 6.98. The summed E-state index contributed by atoms with van der Waals surface area (Å²) in [5, 5.41) is 5.80. The molecular weight excluding hydrogens is 342 g/mol. The van der Waals surface area contributed by atoms with E-state index >= 15 is 0 Å². The number of nitrogens with zero attached hydrogens (tertiary/aromatic N) is 3. The summed E-state index contributed by atoms with van der Waals surface area (Å²) in [6.45, 7) is 2.60. The third-order valence-corrected chi connectivity index (χ3v) is 5.12. The molecule has 140 valence electrons. The highest BCUT2D eigenvalue weighted by Gasteiger charge is 2.29. The van der Waals surface area contributed by atoms with Crippen LogP contribution in [-0.2, 0) is 11.2 Å². The molecule has 27 heavy (non-hydrogen) atoms. The molecule has 0 spiro atoms. The Labute approximate surface area is 158 Å². The van der Waals surface area contributed by atoms with Gasteiger partial charge in [-0.1, -0.05) is 18.2 Å². The Morgan fingerprint density at radius 3 is 2.89 bits per heavy atom. The van der Waals surface area contributed by atoms with Gasteiger partial charge in [0.05, 0.1) is 12.5 Å². The zero-order chi connectivity index (χ0) is 18.6. The second-order valence-corrected chi connectivity index (χ2v) is 6.98.